The van der Waals surface area contributed by atoms with Gasteiger partial charge in [-0.05, 0) is 71.7 Å². The maximum absolute atomic E-state index is 12.6. The Kier molecular flexibility index (Phi) is 5.49. The molecule has 2 aromatic rings. The van der Waals surface area contributed by atoms with Crippen molar-refractivity contribution in [3.05, 3.63) is 62.6 Å². The summed E-state index contributed by atoms with van der Waals surface area (Å²) in [6.07, 6.45) is 0. The molecule has 0 aliphatic heterocycles. The number of ketones is 1. The van der Waals surface area contributed by atoms with Crippen molar-refractivity contribution in [2.75, 3.05) is 10.5 Å². The van der Waals surface area contributed by atoms with Crippen LogP contribution in [0.15, 0.2) is 40.9 Å². The van der Waals surface area contributed by atoms with Crippen LogP contribution in [0.2, 0.25) is 5.02 Å². The highest BCUT2D eigenvalue weighted by Crippen LogP contribution is 2.28. The standard InChI is InChI=1S/C16H15BrClNO3S/c1-3-23(21,22)19-15-9-14(17)13(8-10(15)2)16(20)11-4-6-12(18)7-5-11/h4-9,19H,3H2,1-2H3. The van der Waals surface area contributed by atoms with Gasteiger partial charge in [-0.1, -0.05) is 11.6 Å². The van der Waals surface area contributed by atoms with Crippen molar-refractivity contribution in [1.82, 2.24) is 0 Å². The largest absolute Gasteiger partial charge is 0.289 e. The van der Waals surface area contributed by atoms with Gasteiger partial charge in [0.1, 0.15) is 0 Å². The lowest BCUT2D eigenvalue weighted by Crippen LogP contribution is -2.16. The van der Waals surface area contributed by atoms with Crippen molar-refractivity contribution in [3.63, 3.8) is 0 Å². The topological polar surface area (TPSA) is 63.2 Å². The van der Waals surface area contributed by atoms with E-state index in [0.29, 0.717) is 31.9 Å². The van der Waals surface area contributed by atoms with Gasteiger partial charge in [0.15, 0.2) is 5.78 Å². The van der Waals surface area contributed by atoms with Crippen molar-refractivity contribution in [2.24, 2.45) is 0 Å². The van der Waals surface area contributed by atoms with E-state index in [9.17, 15) is 13.2 Å². The number of hydrogen-bond donors (Lipinski definition) is 1. The summed E-state index contributed by atoms with van der Waals surface area (Å²) < 4.78 is 26.4. The SMILES string of the molecule is CCS(=O)(=O)Nc1cc(Br)c(C(=O)c2ccc(Cl)cc2)cc1C. The van der Waals surface area contributed by atoms with E-state index in [0.717, 1.165) is 0 Å². The van der Waals surface area contributed by atoms with Crippen LogP contribution in [0.5, 0.6) is 0 Å². The summed E-state index contributed by atoms with van der Waals surface area (Å²) >= 11 is 9.17. The maximum Gasteiger partial charge on any atom is 0.232 e. The number of carbonyl (C=O) groups is 1. The Hall–Kier alpha value is -1.37. The van der Waals surface area contributed by atoms with Crippen LogP contribution in [0, 0.1) is 6.92 Å². The fraction of sp³-hybridized carbons (Fsp3) is 0.188. The number of sulfonamides is 1. The maximum atomic E-state index is 12.6. The Bertz CT molecular complexity index is 848. The monoisotopic (exact) mass is 415 g/mol. The summed E-state index contributed by atoms with van der Waals surface area (Å²) in [4.78, 5) is 12.6. The average molecular weight is 417 g/mol. The first-order valence-corrected chi connectivity index (χ1v) is 9.66. The first-order valence-electron chi connectivity index (χ1n) is 6.84. The average Bonchev–Trinajstić information content (AvgIpc) is 2.50. The molecule has 1 N–H and O–H groups in total. The third kappa shape index (κ3) is 4.34. The number of benzene rings is 2. The zero-order valence-electron chi connectivity index (χ0n) is 12.6. The molecule has 0 atom stereocenters. The predicted octanol–water partition coefficient (Wildman–Crippen LogP) is 4.40. The van der Waals surface area contributed by atoms with Crippen LogP contribution in [-0.2, 0) is 10.0 Å². The zero-order chi connectivity index (χ0) is 17.2. The van der Waals surface area contributed by atoms with Crippen LogP contribution in [0.4, 0.5) is 5.69 Å². The molecule has 0 fully saturated rings. The van der Waals surface area contributed by atoms with Gasteiger partial charge in [0.05, 0.1) is 11.4 Å². The fourth-order valence-corrected chi connectivity index (χ4v) is 3.31. The van der Waals surface area contributed by atoms with Gasteiger partial charge in [-0.15, -0.1) is 0 Å². The third-order valence-electron chi connectivity index (χ3n) is 3.31. The number of rotatable bonds is 5. The molecule has 4 nitrogen and oxygen atoms in total. The summed E-state index contributed by atoms with van der Waals surface area (Å²) in [5.74, 6) is -0.184. The molecule has 0 radical (unpaired) electrons. The second-order valence-corrected chi connectivity index (χ2v) is 8.29. The zero-order valence-corrected chi connectivity index (χ0v) is 15.7. The van der Waals surface area contributed by atoms with Gasteiger partial charge in [-0.2, -0.15) is 0 Å². The highest BCUT2D eigenvalue weighted by Gasteiger charge is 2.16. The summed E-state index contributed by atoms with van der Waals surface area (Å²) in [7, 11) is -3.37. The first-order chi connectivity index (χ1) is 10.7. The summed E-state index contributed by atoms with van der Waals surface area (Å²) in [6, 6.07) is 9.87. The van der Waals surface area contributed by atoms with E-state index in [2.05, 4.69) is 20.7 Å². The van der Waals surface area contributed by atoms with Crippen LogP contribution in [0.25, 0.3) is 0 Å². The number of anilines is 1. The summed E-state index contributed by atoms with van der Waals surface area (Å²) in [5.41, 5.74) is 2.09. The molecule has 0 aliphatic carbocycles. The lowest BCUT2D eigenvalue weighted by Gasteiger charge is -2.12. The normalized spacial score (nSPS) is 11.3. The van der Waals surface area contributed by atoms with Gasteiger partial charge >= 0.3 is 0 Å². The van der Waals surface area contributed by atoms with Crippen molar-refractivity contribution in [3.8, 4) is 0 Å². The minimum Gasteiger partial charge on any atom is -0.289 e. The number of hydrogen-bond acceptors (Lipinski definition) is 3. The Morgan fingerprint density at radius 3 is 2.39 bits per heavy atom. The van der Waals surface area contributed by atoms with Crippen LogP contribution in [-0.4, -0.2) is 20.0 Å². The Balaban J connectivity index is 2.40. The van der Waals surface area contributed by atoms with E-state index in [1.165, 1.54) is 0 Å². The Morgan fingerprint density at radius 2 is 1.83 bits per heavy atom. The molecule has 0 heterocycles. The predicted molar refractivity (Wildman–Crippen MR) is 96.8 cm³/mol. The molecule has 122 valence electrons. The molecular weight excluding hydrogens is 402 g/mol. The smallest absolute Gasteiger partial charge is 0.232 e. The second-order valence-electron chi connectivity index (χ2n) is 4.99. The van der Waals surface area contributed by atoms with E-state index in [1.54, 1.807) is 50.2 Å². The second kappa shape index (κ2) is 7.03. The Morgan fingerprint density at radius 1 is 1.22 bits per heavy atom. The van der Waals surface area contributed by atoms with Gasteiger partial charge in [0.25, 0.3) is 0 Å². The van der Waals surface area contributed by atoms with Crippen LogP contribution in [0.1, 0.15) is 28.4 Å². The number of carbonyl (C=O) groups excluding carboxylic acids is 1. The lowest BCUT2D eigenvalue weighted by atomic mass is 10.0. The molecule has 23 heavy (non-hydrogen) atoms. The molecular formula is C16H15BrClNO3S. The minimum absolute atomic E-state index is 0.0183. The van der Waals surface area contributed by atoms with E-state index in [4.69, 9.17) is 11.6 Å². The molecule has 0 unspecified atom stereocenters. The minimum atomic E-state index is -3.37. The van der Waals surface area contributed by atoms with Crippen molar-refractivity contribution in [2.45, 2.75) is 13.8 Å². The van der Waals surface area contributed by atoms with Gasteiger partial charge in [-0.3, -0.25) is 9.52 Å². The molecule has 2 aromatic carbocycles. The molecule has 2 rings (SSSR count). The van der Waals surface area contributed by atoms with Gasteiger partial charge in [-0.25, -0.2) is 8.42 Å². The number of halogens is 2. The molecule has 0 saturated carbocycles. The van der Waals surface area contributed by atoms with E-state index < -0.39 is 10.0 Å². The third-order valence-corrected chi connectivity index (χ3v) is 5.51. The van der Waals surface area contributed by atoms with Crippen LogP contribution in [0.3, 0.4) is 0 Å². The van der Waals surface area contributed by atoms with Crippen LogP contribution < -0.4 is 4.72 Å². The highest BCUT2D eigenvalue weighted by molar-refractivity contribution is 9.10. The highest BCUT2D eigenvalue weighted by atomic mass is 79.9. The molecule has 7 heteroatoms. The lowest BCUT2D eigenvalue weighted by molar-refractivity contribution is 0.103. The quantitative estimate of drug-likeness (QED) is 0.735. The van der Waals surface area contributed by atoms with Crippen molar-refractivity contribution >= 4 is 49.0 Å². The van der Waals surface area contributed by atoms with E-state index >= 15 is 0 Å². The van der Waals surface area contributed by atoms with Crippen molar-refractivity contribution in [1.29, 1.82) is 0 Å². The van der Waals surface area contributed by atoms with Crippen LogP contribution >= 0.6 is 27.5 Å². The van der Waals surface area contributed by atoms with Crippen molar-refractivity contribution < 1.29 is 13.2 Å². The van der Waals surface area contributed by atoms with E-state index in [-0.39, 0.29) is 11.5 Å². The van der Waals surface area contributed by atoms with E-state index in [1.807, 2.05) is 0 Å². The molecule has 0 aromatic heterocycles. The summed E-state index contributed by atoms with van der Waals surface area (Å²) in [6.45, 7) is 3.31. The fourth-order valence-electron chi connectivity index (χ4n) is 1.96. The molecule has 0 aliphatic rings. The van der Waals surface area contributed by atoms with Gasteiger partial charge in [0.2, 0.25) is 10.0 Å². The number of nitrogens with one attached hydrogen (secondary N) is 1. The molecule has 0 saturated heterocycles. The summed E-state index contributed by atoms with van der Waals surface area (Å²) in [5, 5.41) is 0.557. The van der Waals surface area contributed by atoms with Gasteiger partial charge in [0, 0.05) is 20.6 Å². The Labute approximate surface area is 149 Å². The number of aryl methyl sites for hydroxylation is 1. The first kappa shape index (κ1) is 18.0. The molecule has 0 amide bonds. The molecule has 0 bridgehead atoms. The molecule has 0 spiro atoms. The van der Waals surface area contributed by atoms with Gasteiger partial charge < -0.3 is 0 Å².